The van der Waals surface area contributed by atoms with Crippen LogP contribution < -0.4 is 0 Å². The molecular formula is C10H18ClN. The van der Waals surface area contributed by atoms with Crippen LogP contribution in [0.2, 0.25) is 0 Å². The minimum absolute atomic E-state index is 0.453. The molecular weight excluding hydrogens is 170 g/mol. The quantitative estimate of drug-likeness (QED) is 0.601. The Labute approximate surface area is 80.1 Å². The lowest BCUT2D eigenvalue weighted by Gasteiger charge is -2.18. The molecule has 0 amide bonds. The summed E-state index contributed by atoms with van der Waals surface area (Å²) in [6.07, 6.45) is 6.68. The van der Waals surface area contributed by atoms with Gasteiger partial charge in [0.1, 0.15) is 0 Å². The summed E-state index contributed by atoms with van der Waals surface area (Å²) in [5, 5.41) is 0.453. The number of hydrogen-bond acceptors (Lipinski definition) is 1. The lowest BCUT2D eigenvalue weighted by atomic mass is 10.2. The van der Waals surface area contributed by atoms with Gasteiger partial charge in [-0.05, 0) is 51.1 Å². The van der Waals surface area contributed by atoms with Crippen LogP contribution in [0.5, 0.6) is 0 Å². The van der Waals surface area contributed by atoms with Gasteiger partial charge in [-0.3, -0.25) is 0 Å². The van der Waals surface area contributed by atoms with Crippen molar-refractivity contribution in [2.45, 2.75) is 37.5 Å². The van der Waals surface area contributed by atoms with Gasteiger partial charge in [0, 0.05) is 11.9 Å². The van der Waals surface area contributed by atoms with E-state index in [-0.39, 0.29) is 0 Å². The minimum atomic E-state index is 0.453. The summed E-state index contributed by atoms with van der Waals surface area (Å²) in [6.45, 7) is 3.88. The predicted molar refractivity (Wildman–Crippen MR) is 52.7 cm³/mol. The van der Waals surface area contributed by atoms with E-state index >= 15 is 0 Å². The molecule has 2 rings (SSSR count). The van der Waals surface area contributed by atoms with Crippen LogP contribution in [0, 0.1) is 5.92 Å². The number of likely N-dealkylation sites (tertiary alicyclic amines) is 1. The Morgan fingerprint density at radius 1 is 1.08 bits per heavy atom. The second kappa shape index (κ2) is 3.97. The number of halogens is 1. The maximum absolute atomic E-state index is 6.11. The first-order valence-corrected chi connectivity index (χ1v) is 5.64. The van der Waals surface area contributed by atoms with Gasteiger partial charge in [0.05, 0.1) is 0 Å². The Balaban J connectivity index is 1.73. The highest BCUT2D eigenvalue weighted by molar-refractivity contribution is 6.20. The highest BCUT2D eigenvalue weighted by Crippen LogP contribution is 2.30. The fourth-order valence-electron chi connectivity index (χ4n) is 1.96. The van der Waals surface area contributed by atoms with E-state index in [0.717, 1.165) is 5.92 Å². The first-order chi connectivity index (χ1) is 5.84. The Bertz CT molecular complexity index is 145. The Morgan fingerprint density at radius 3 is 2.67 bits per heavy atom. The minimum Gasteiger partial charge on any atom is -0.303 e. The molecule has 2 aliphatic rings. The molecule has 0 N–H and O–H groups in total. The van der Waals surface area contributed by atoms with Crippen LogP contribution in [0.15, 0.2) is 0 Å². The van der Waals surface area contributed by atoms with E-state index in [1.54, 1.807) is 0 Å². The average molecular weight is 188 g/mol. The Kier molecular flexibility index (Phi) is 2.92. The van der Waals surface area contributed by atoms with E-state index in [1.807, 2.05) is 0 Å². The standard InChI is InChI=1S/C10H18ClN/c11-10-2-1-6-12(7-5-10)8-9-3-4-9/h9-10H,1-8H2. The van der Waals surface area contributed by atoms with Crippen molar-refractivity contribution in [3.63, 3.8) is 0 Å². The predicted octanol–water partition coefficient (Wildman–Crippen LogP) is 2.49. The van der Waals surface area contributed by atoms with E-state index in [1.165, 1.54) is 51.7 Å². The van der Waals surface area contributed by atoms with Crippen LogP contribution in [-0.2, 0) is 0 Å². The van der Waals surface area contributed by atoms with Gasteiger partial charge in [-0.1, -0.05) is 0 Å². The van der Waals surface area contributed by atoms with Gasteiger partial charge in [-0.15, -0.1) is 11.6 Å². The summed E-state index contributed by atoms with van der Waals surface area (Å²) < 4.78 is 0. The molecule has 0 bridgehead atoms. The van der Waals surface area contributed by atoms with Gasteiger partial charge >= 0.3 is 0 Å². The monoisotopic (exact) mass is 187 g/mol. The number of nitrogens with zero attached hydrogens (tertiary/aromatic N) is 1. The zero-order valence-electron chi connectivity index (χ0n) is 7.64. The fraction of sp³-hybridized carbons (Fsp3) is 1.00. The molecule has 1 aliphatic heterocycles. The zero-order valence-corrected chi connectivity index (χ0v) is 8.39. The highest BCUT2D eigenvalue weighted by Gasteiger charge is 2.25. The Hall–Kier alpha value is 0.250. The van der Waals surface area contributed by atoms with Gasteiger partial charge in [0.25, 0.3) is 0 Å². The van der Waals surface area contributed by atoms with Crippen molar-refractivity contribution < 1.29 is 0 Å². The van der Waals surface area contributed by atoms with Gasteiger partial charge in [0.2, 0.25) is 0 Å². The molecule has 70 valence electrons. The van der Waals surface area contributed by atoms with Crippen molar-refractivity contribution in [2.24, 2.45) is 5.92 Å². The number of alkyl halides is 1. The normalized spacial score (nSPS) is 33.2. The lowest BCUT2D eigenvalue weighted by Crippen LogP contribution is -2.27. The summed E-state index contributed by atoms with van der Waals surface area (Å²) in [7, 11) is 0. The molecule has 2 heteroatoms. The third-order valence-electron chi connectivity index (χ3n) is 2.96. The van der Waals surface area contributed by atoms with Gasteiger partial charge in [-0.2, -0.15) is 0 Å². The molecule has 12 heavy (non-hydrogen) atoms. The van der Waals surface area contributed by atoms with Crippen LogP contribution in [0.4, 0.5) is 0 Å². The van der Waals surface area contributed by atoms with Crippen molar-refractivity contribution in [1.29, 1.82) is 0 Å². The Morgan fingerprint density at radius 2 is 1.92 bits per heavy atom. The van der Waals surface area contributed by atoms with Crippen LogP contribution in [0.25, 0.3) is 0 Å². The van der Waals surface area contributed by atoms with Crippen molar-refractivity contribution in [1.82, 2.24) is 4.90 Å². The molecule has 1 unspecified atom stereocenters. The number of rotatable bonds is 2. The second-order valence-corrected chi connectivity index (χ2v) is 4.89. The average Bonchev–Trinajstić information content (AvgIpc) is 2.83. The molecule has 1 saturated carbocycles. The van der Waals surface area contributed by atoms with Crippen molar-refractivity contribution in [3.8, 4) is 0 Å². The summed E-state index contributed by atoms with van der Waals surface area (Å²) in [5.74, 6) is 1.04. The van der Waals surface area contributed by atoms with Crippen molar-refractivity contribution in [3.05, 3.63) is 0 Å². The molecule has 2 fully saturated rings. The molecule has 0 radical (unpaired) electrons. The number of hydrogen-bond donors (Lipinski definition) is 0. The smallest absolute Gasteiger partial charge is 0.0348 e. The third-order valence-corrected chi connectivity index (χ3v) is 3.40. The zero-order chi connectivity index (χ0) is 8.39. The SMILES string of the molecule is ClC1CCCN(CC2CC2)CC1. The topological polar surface area (TPSA) is 3.24 Å². The molecule has 0 aromatic carbocycles. The molecule has 1 saturated heterocycles. The summed E-state index contributed by atoms with van der Waals surface area (Å²) in [5.41, 5.74) is 0. The summed E-state index contributed by atoms with van der Waals surface area (Å²) in [6, 6.07) is 0. The molecule has 1 atom stereocenters. The van der Waals surface area contributed by atoms with Crippen LogP contribution in [0.1, 0.15) is 32.1 Å². The van der Waals surface area contributed by atoms with E-state index in [0.29, 0.717) is 5.38 Å². The third kappa shape index (κ3) is 2.63. The molecule has 0 spiro atoms. The molecule has 1 nitrogen and oxygen atoms in total. The fourth-order valence-corrected chi connectivity index (χ4v) is 2.22. The molecule has 1 aliphatic carbocycles. The maximum atomic E-state index is 6.11. The van der Waals surface area contributed by atoms with Crippen LogP contribution >= 0.6 is 11.6 Å². The van der Waals surface area contributed by atoms with Crippen LogP contribution in [-0.4, -0.2) is 29.9 Å². The lowest BCUT2D eigenvalue weighted by molar-refractivity contribution is 0.274. The van der Waals surface area contributed by atoms with E-state index in [4.69, 9.17) is 11.6 Å². The van der Waals surface area contributed by atoms with Gasteiger partial charge in [0.15, 0.2) is 0 Å². The first kappa shape index (κ1) is 8.83. The molecule has 1 heterocycles. The maximum Gasteiger partial charge on any atom is 0.0348 e. The van der Waals surface area contributed by atoms with E-state index < -0.39 is 0 Å². The van der Waals surface area contributed by atoms with Gasteiger partial charge in [-0.25, -0.2) is 0 Å². The van der Waals surface area contributed by atoms with E-state index in [2.05, 4.69) is 4.90 Å². The largest absolute Gasteiger partial charge is 0.303 e. The molecule has 0 aromatic heterocycles. The van der Waals surface area contributed by atoms with Gasteiger partial charge < -0.3 is 4.90 Å². The van der Waals surface area contributed by atoms with Crippen molar-refractivity contribution >= 4 is 11.6 Å². The van der Waals surface area contributed by atoms with Crippen LogP contribution in [0.3, 0.4) is 0 Å². The highest BCUT2D eigenvalue weighted by atomic mass is 35.5. The second-order valence-electron chi connectivity index (χ2n) is 4.27. The van der Waals surface area contributed by atoms with Crippen molar-refractivity contribution in [2.75, 3.05) is 19.6 Å². The van der Waals surface area contributed by atoms with E-state index in [9.17, 15) is 0 Å². The first-order valence-electron chi connectivity index (χ1n) is 5.21. The summed E-state index contributed by atoms with van der Waals surface area (Å²) in [4.78, 5) is 2.61. The molecule has 0 aromatic rings. The summed E-state index contributed by atoms with van der Waals surface area (Å²) >= 11 is 6.11.